The van der Waals surface area contributed by atoms with Crippen LogP contribution in [0.5, 0.6) is 0 Å². The average molecular weight is 1010 g/mol. The Morgan fingerprint density at radius 2 is 0.694 bits per heavy atom. The van der Waals surface area contributed by atoms with Gasteiger partial charge in [-0.2, -0.15) is 0 Å². The first-order chi connectivity index (χ1) is 35.5. The van der Waals surface area contributed by atoms with Gasteiger partial charge in [0, 0.05) is 12.8 Å². The molecule has 0 heterocycles. The van der Waals surface area contributed by atoms with E-state index in [9.17, 15) is 19.8 Å². The number of ether oxygens (including phenoxy) is 1. The lowest BCUT2D eigenvalue weighted by molar-refractivity contribution is -0.143. The molecule has 0 aliphatic rings. The Labute approximate surface area is 448 Å². The molecule has 0 aromatic rings. The molecule has 0 saturated heterocycles. The zero-order chi connectivity index (χ0) is 52.2. The minimum atomic E-state index is -0.851. The highest BCUT2D eigenvalue weighted by molar-refractivity contribution is 5.76. The summed E-state index contributed by atoms with van der Waals surface area (Å²) in [6.45, 7) is 4.90. The second kappa shape index (κ2) is 61.4. The van der Waals surface area contributed by atoms with Crippen LogP contribution in [-0.2, 0) is 14.3 Å². The Morgan fingerprint density at radius 3 is 1.07 bits per heavy atom. The fourth-order valence-corrected chi connectivity index (χ4v) is 9.66. The largest absolute Gasteiger partial charge is 0.466 e. The first-order valence-electron chi connectivity index (χ1n) is 31.9. The van der Waals surface area contributed by atoms with Gasteiger partial charge in [0.15, 0.2) is 0 Å². The Kier molecular flexibility index (Phi) is 59.5. The van der Waals surface area contributed by atoms with Gasteiger partial charge in [0.1, 0.15) is 0 Å². The molecule has 2 atom stereocenters. The van der Waals surface area contributed by atoms with Crippen molar-refractivity contribution in [2.75, 3.05) is 13.2 Å². The quantitative estimate of drug-likeness (QED) is 0.0320. The summed E-state index contributed by atoms with van der Waals surface area (Å²) in [5.74, 6) is -0.0749. The highest BCUT2D eigenvalue weighted by Gasteiger charge is 2.18. The molecule has 0 aliphatic carbocycles. The summed E-state index contributed by atoms with van der Waals surface area (Å²) in [6, 6.07) is -0.636. The van der Waals surface area contributed by atoms with Crippen LogP contribution in [0.4, 0.5) is 0 Å². The van der Waals surface area contributed by atoms with Gasteiger partial charge in [-0.25, -0.2) is 0 Å². The van der Waals surface area contributed by atoms with Gasteiger partial charge in [0.25, 0.3) is 0 Å². The lowest BCUT2D eigenvalue weighted by Gasteiger charge is -2.20. The van der Waals surface area contributed by atoms with Gasteiger partial charge in [0.2, 0.25) is 5.91 Å². The number of aliphatic hydroxyl groups excluding tert-OH is 2. The van der Waals surface area contributed by atoms with E-state index in [4.69, 9.17) is 4.74 Å². The highest BCUT2D eigenvalue weighted by Crippen LogP contribution is 2.16. The first-order valence-corrected chi connectivity index (χ1v) is 31.9. The van der Waals surface area contributed by atoms with Crippen molar-refractivity contribution >= 4 is 11.9 Å². The zero-order valence-corrected chi connectivity index (χ0v) is 48.2. The number of aliphatic hydroxyl groups is 2. The topological polar surface area (TPSA) is 95.9 Å². The molecule has 0 aromatic heterocycles. The molecule has 72 heavy (non-hydrogen) atoms. The standard InChI is InChI=1S/C66H123NO5/c1-3-5-7-9-11-13-15-17-19-20-29-32-36-40-44-48-52-56-60-66(71)72-61-57-53-49-45-41-37-33-30-27-25-23-21-22-24-26-28-31-35-39-43-47-51-55-59-65(70)67-63(62-68)64(69)58-54-50-46-42-38-34-18-16-14-12-10-8-6-4-2/h19-21,23-24,26,54,58,63-64,68-69H,3-18,22,25,27-53,55-57,59-62H2,1-2H3,(H,67,70)/b20-19-,23-21-,26-24-,58-54+. The molecule has 6 nitrogen and oxygen atoms in total. The molecule has 0 aliphatic heterocycles. The molecule has 0 saturated carbocycles. The second-order valence-electron chi connectivity index (χ2n) is 21.7. The van der Waals surface area contributed by atoms with Crippen LogP contribution in [0.3, 0.4) is 0 Å². The number of hydrogen-bond acceptors (Lipinski definition) is 5. The summed E-state index contributed by atoms with van der Waals surface area (Å²) in [5, 5.41) is 23.1. The number of nitrogens with one attached hydrogen (secondary N) is 1. The second-order valence-corrected chi connectivity index (χ2v) is 21.7. The van der Waals surface area contributed by atoms with Crippen molar-refractivity contribution in [3.63, 3.8) is 0 Å². The molecule has 0 rings (SSSR count). The summed E-state index contributed by atoms with van der Waals surface area (Å²) in [4.78, 5) is 24.5. The van der Waals surface area contributed by atoms with Crippen LogP contribution in [0.1, 0.15) is 335 Å². The third kappa shape index (κ3) is 57.1. The molecular weight excluding hydrogens is 887 g/mol. The van der Waals surface area contributed by atoms with Crippen molar-refractivity contribution in [2.45, 2.75) is 347 Å². The Balaban J connectivity index is 3.46. The van der Waals surface area contributed by atoms with Gasteiger partial charge in [0.05, 0.1) is 25.4 Å². The maximum Gasteiger partial charge on any atom is 0.305 e. The number of hydrogen-bond donors (Lipinski definition) is 3. The third-order valence-corrected chi connectivity index (χ3v) is 14.6. The fraction of sp³-hybridized carbons (Fsp3) is 0.848. The molecule has 0 radical (unpaired) electrons. The monoisotopic (exact) mass is 1010 g/mol. The SMILES string of the molecule is CCCCCCCCC/C=C\CCCCCCCCCC(=O)OCCCCCCCCCCC/C=C\C/C=C\CCCCCCCCCC(=O)NC(CO)C(O)/C=C/CCCCCCCCCCCCCC. The predicted molar refractivity (Wildman–Crippen MR) is 315 cm³/mol. The van der Waals surface area contributed by atoms with Crippen molar-refractivity contribution in [3.8, 4) is 0 Å². The molecule has 0 fully saturated rings. The number of unbranched alkanes of at least 4 members (excludes halogenated alkanes) is 42. The normalized spacial score (nSPS) is 12.9. The minimum Gasteiger partial charge on any atom is -0.466 e. The molecule has 2 unspecified atom stereocenters. The number of amides is 1. The van der Waals surface area contributed by atoms with Crippen molar-refractivity contribution in [3.05, 3.63) is 48.6 Å². The van der Waals surface area contributed by atoms with E-state index in [1.807, 2.05) is 6.08 Å². The predicted octanol–water partition coefficient (Wildman–Crippen LogP) is 20.1. The fourth-order valence-electron chi connectivity index (χ4n) is 9.66. The number of carbonyl (C=O) groups excluding carboxylic acids is 2. The van der Waals surface area contributed by atoms with Crippen LogP contribution in [-0.4, -0.2) is 47.4 Å². The summed E-state index contributed by atoms with van der Waals surface area (Å²) in [5.41, 5.74) is 0. The summed E-state index contributed by atoms with van der Waals surface area (Å²) < 4.78 is 5.49. The minimum absolute atomic E-state index is 0.00342. The van der Waals surface area contributed by atoms with Crippen LogP contribution in [0.2, 0.25) is 0 Å². The Hall–Kier alpha value is -2.18. The first kappa shape index (κ1) is 69.8. The van der Waals surface area contributed by atoms with Crippen LogP contribution >= 0.6 is 0 Å². The van der Waals surface area contributed by atoms with Crippen LogP contribution < -0.4 is 5.32 Å². The molecule has 0 bridgehead atoms. The van der Waals surface area contributed by atoms with Crippen molar-refractivity contribution in [2.24, 2.45) is 0 Å². The Bertz CT molecular complexity index is 1210. The van der Waals surface area contributed by atoms with Gasteiger partial charge in [-0.1, -0.05) is 281 Å². The van der Waals surface area contributed by atoms with Crippen molar-refractivity contribution < 1.29 is 24.5 Å². The van der Waals surface area contributed by atoms with E-state index in [1.54, 1.807) is 6.08 Å². The van der Waals surface area contributed by atoms with Crippen molar-refractivity contribution in [1.29, 1.82) is 0 Å². The van der Waals surface area contributed by atoms with Crippen LogP contribution in [0, 0.1) is 0 Å². The number of allylic oxidation sites excluding steroid dienone is 7. The number of esters is 1. The molecule has 0 aromatic carbocycles. The van der Waals surface area contributed by atoms with E-state index < -0.39 is 12.1 Å². The Morgan fingerprint density at radius 1 is 0.389 bits per heavy atom. The number of rotatable bonds is 59. The summed E-state index contributed by atoms with van der Waals surface area (Å²) >= 11 is 0. The van der Waals surface area contributed by atoms with E-state index in [0.717, 1.165) is 64.2 Å². The zero-order valence-electron chi connectivity index (χ0n) is 48.2. The van der Waals surface area contributed by atoms with E-state index in [1.165, 1.54) is 244 Å². The lowest BCUT2D eigenvalue weighted by Crippen LogP contribution is -2.45. The van der Waals surface area contributed by atoms with E-state index in [2.05, 4.69) is 55.6 Å². The lowest BCUT2D eigenvalue weighted by atomic mass is 10.0. The van der Waals surface area contributed by atoms with E-state index >= 15 is 0 Å². The van der Waals surface area contributed by atoms with Gasteiger partial charge in [-0.3, -0.25) is 9.59 Å². The van der Waals surface area contributed by atoms with Crippen LogP contribution in [0.25, 0.3) is 0 Å². The third-order valence-electron chi connectivity index (χ3n) is 14.6. The van der Waals surface area contributed by atoms with E-state index in [0.29, 0.717) is 19.4 Å². The molecule has 3 N–H and O–H groups in total. The highest BCUT2D eigenvalue weighted by atomic mass is 16.5. The van der Waals surface area contributed by atoms with Gasteiger partial charge in [-0.15, -0.1) is 0 Å². The van der Waals surface area contributed by atoms with Gasteiger partial charge in [-0.05, 0) is 89.9 Å². The molecule has 6 heteroatoms. The molecular formula is C66H123NO5. The smallest absolute Gasteiger partial charge is 0.305 e. The summed E-state index contributed by atoms with van der Waals surface area (Å²) in [6.07, 6.45) is 78.7. The average Bonchev–Trinajstić information content (AvgIpc) is 3.38. The van der Waals surface area contributed by atoms with Gasteiger partial charge < -0.3 is 20.3 Å². The number of carbonyl (C=O) groups is 2. The van der Waals surface area contributed by atoms with Crippen molar-refractivity contribution in [1.82, 2.24) is 5.32 Å². The van der Waals surface area contributed by atoms with E-state index in [-0.39, 0.29) is 18.5 Å². The maximum atomic E-state index is 12.5. The maximum absolute atomic E-state index is 12.5. The molecule has 1 amide bonds. The molecule has 422 valence electrons. The molecule has 0 spiro atoms. The van der Waals surface area contributed by atoms with Crippen LogP contribution in [0.15, 0.2) is 48.6 Å². The van der Waals surface area contributed by atoms with Gasteiger partial charge >= 0.3 is 5.97 Å². The summed E-state index contributed by atoms with van der Waals surface area (Å²) in [7, 11) is 0.